The molecule has 0 aromatic heterocycles. The van der Waals surface area contributed by atoms with E-state index in [1.807, 2.05) is 37.3 Å². The predicted octanol–water partition coefficient (Wildman–Crippen LogP) is 3.85. The van der Waals surface area contributed by atoms with Gasteiger partial charge in [0.1, 0.15) is 12.3 Å². The average Bonchev–Trinajstić information content (AvgIpc) is 2.54. The van der Waals surface area contributed by atoms with Crippen LogP contribution in [0.15, 0.2) is 42.1 Å². The molecule has 0 unspecified atom stereocenters. The summed E-state index contributed by atoms with van der Waals surface area (Å²) in [5, 5.41) is 11.7. The summed E-state index contributed by atoms with van der Waals surface area (Å²) in [5.41, 5.74) is 0.564. The van der Waals surface area contributed by atoms with Gasteiger partial charge in [-0.1, -0.05) is 56.5 Å². The standard InChI is InChI=1S/C18H23NO4/c1-18(10-6-3-7-11-18)12-15(16(20)21)19-17(22)23-13-14-8-4-2-5-9-14/h2,4-5,8-9,12H,3,6-7,10-11,13H2,1H3,(H,19,22)(H,20,21)/b15-12+. The Bertz CT molecular complexity index is 574. The summed E-state index contributed by atoms with van der Waals surface area (Å²) in [6.45, 7) is 2.14. The first-order valence-corrected chi connectivity index (χ1v) is 7.92. The molecule has 1 amide bonds. The summed E-state index contributed by atoms with van der Waals surface area (Å²) >= 11 is 0. The van der Waals surface area contributed by atoms with E-state index in [-0.39, 0.29) is 17.7 Å². The van der Waals surface area contributed by atoms with Crippen LogP contribution in [0, 0.1) is 5.41 Å². The highest BCUT2D eigenvalue weighted by Crippen LogP contribution is 2.37. The molecular weight excluding hydrogens is 294 g/mol. The van der Waals surface area contributed by atoms with Crippen LogP contribution in [0.1, 0.15) is 44.6 Å². The Hall–Kier alpha value is -2.30. The van der Waals surface area contributed by atoms with Crippen molar-refractivity contribution in [2.75, 3.05) is 0 Å². The Labute approximate surface area is 136 Å². The molecule has 1 fully saturated rings. The fraction of sp³-hybridized carbons (Fsp3) is 0.444. The molecule has 0 radical (unpaired) electrons. The number of aliphatic carboxylic acids is 1. The molecule has 0 spiro atoms. The van der Waals surface area contributed by atoms with Gasteiger partial charge in [0, 0.05) is 0 Å². The lowest BCUT2D eigenvalue weighted by Crippen LogP contribution is -2.30. The fourth-order valence-electron chi connectivity index (χ4n) is 2.87. The van der Waals surface area contributed by atoms with E-state index in [1.165, 1.54) is 6.42 Å². The molecule has 5 nitrogen and oxygen atoms in total. The Morgan fingerprint density at radius 3 is 2.48 bits per heavy atom. The van der Waals surface area contributed by atoms with Gasteiger partial charge in [0.05, 0.1) is 0 Å². The molecule has 1 aromatic rings. The van der Waals surface area contributed by atoms with Crippen molar-refractivity contribution in [1.29, 1.82) is 0 Å². The molecule has 1 aliphatic carbocycles. The van der Waals surface area contributed by atoms with E-state index in [0.29, 0.717) is 0 Å². The van der Waals surface area contributed by atoms with Crippen LogP contribution >= 0.6 is 0 Å². The van der Waals surface area contributed by atoms with E-state index in [2.05, 4.69) is 5.32 Å². The minimum Gasteiger partial charge on any atom is -0.477 e. The second-order valence-corrected chi connectivity index (χ2v) is 6.26. The van der Waals surface area contributed by atoms with Crippen molar-refractivity contribution in [3.8, 4) is 0 Å². The Kier molecular flexibility index (Phi) is 5.79. The number of carboxylic acid groups (broad SMARTS) is 1. The van der Waals surface area contributed by atoms with Crippen molar-refractivity contribution < 1.29 is 19.4 Å². The molecule has 2 rings (SSSR count). The molecule has 1 saturated carbocycles. The molecule has 0 heterocycles. The third-order valence-corrected chi connectivity index (χ3v) is 4.17. The lowest BCUT2D eigenvalue weighted by molar-refractivity contribution is -0.133. The Balaban J connectivity index is 1.96. The number of carbonyl (C=O) groups excluding carboxylic acids is 1. The monoisotopic (exact) mass is 317 g/mol. The summed E-state index contributed by atoms with van der Waals surface area (Å²) in [6.07, 6.45) is 6.13. The van der Waals surface area contributed by atoms with Crippen molar-refractivity contribution in [3.63, 3.8) is 0 Å². The average molecular weight is 317 g/mol. The van der Waals surface area contributed by atoms with E-state index in [0.717, 1.165) is 31.2 Å². The topological polar surface area (TPSA) is 75.6 Å². The van der Waals surface area contributed by atoms with Crippen LogP contribution in [0.4, 0.5) is 4.79 Å². The number of ether oxygens (including phenoxy) is 1. The molecule has 0 bridgehead atoms. The van der Waals surface area contributed by atoms with Crippen molar-refractivity contribution in [2.24, 2.45) is 5.41 Å². The first-order valence-electron chi connectivity index (χ1n) is 7.92. The van der Waals surface area contributed by atoms with Gasteiger partial charge in [-0.2, -0.15) is 0 Å². The van der Waals surface area contributed by atoms with Crippen LogP contribution in [-0.2, 0) is 16.1 Å². The van der Waals surface area contributed by atoms with Crippen molar-refractivity contribution in [3.05, 3.63) is 47.7 Å². The zero-order valence-corrected chi connectivity index (χ0v) is 13.4. The smallest absolute Gasteiger partial charge is 0.412 e. The highest BCUT2D eigenvalue weighted by molar-refractivity contribution is 5.90. The predicted molar refractivity (Wildman–Crippen MR) is 86.7 cm³/mol. The van der Waals surface area contributed by atoms with Gasteiger partial charge in [0.2, 0.25) is 0 Å². The van der Waals surface area contributed by atoms with Gasteiger partial charge < -0.3 is 9.84 Å². The molecule has 5 heteroatoms. The van der Waals surface area contributed by atoms with Crippen LogP contribution in [0.2, 0.25) is 0 Å². The Morgan fingerprint density at radius 1 is 1.22 bits per heavy atom. The van der Waals surface area contributed by atoms with E-state index >= 15 is 0 Å². The Morgan fingerprint density at radius 2 is 1.87 bits per heavy atom. The first kappa shape index (κ1) is 17.1. The van der Waals surface area contributed by atoms with Gasteiger partial charge >= 0.3 is 12.1 Å². The van der Waals surface area contributed by atoms with Crippen molar-refractivity contribution >= 4 is 12.1 Å². The minimum atomic E-state index is -1.14. The summed E-state index contributed by atoms with van der Waals surface area (Å²) in [7, 11) is 0. The maximum Gasteiger partial charge on any atom is 0.412 e. The van der Waals surface area contributed by atoms with Gasteiger partial charge in [-0.3, -0.25) is 5.32 Å². The summed E-state index contributed by atoms with van der Waals surface area (Å²) in [4.78, 5) is 23.2. The molecule has 0 atom stereocenters. The summed E-state index contributed by atoms with van der Waals surface area (Å²) in [5.74, 6) is -1.14. The molecule has 0 aliphatic heterocycles. The number of hydrogen-bond acceptors (Lipinski definition) is 3. The van der Waals surface area contributed by atoms with Crippen LogP contribution in [-0.4, -0.2) is 17.2 Å². The molecule has 0 saturated heterocycles. The second-order valence-electron chi connectivity index (χ2n) is 6.26. The molecule has 2 N–H and O–H groups in total. The highest BCUT2D eigenvalue weighted by Gasteiger charge is 2.27. The fourth-order valence-corrected chi connectivity index (χ4v) is 2.87. The highest BCUT2D eigenvalue weighted by atomic mass is 16.5. The number of allylic oxidation sites excluding steroid dienone is 1. The maximum absolute atomic E-state index is 11.8. The first-order chi connectivity index (χ1) is 11.0. The van der Waals surface area contributed by atoms with E-state index in [4.69, 9.17) is 4.74 Å². The van der Waals surface area contributed by atoms with Crippen LogP contribution in [0.3, 0.4) is 0 Å². The van der Waals surface area contributed by atoms with Crippen molar-refractivity contribution in [1.82, 2.24) is 5.32 Å². The van der Waals surface area contributed by atoms with Gasteiger partial charge in [-0.25, -0.2) is 9.59 Å². The van der Waals surface area contributed by atoms with Crippen LogP contribution in [0.5, 0.6) is 0 Å². The zero-order valence-electron chi connectivity index (χ0n) is 13.4. The lowest BCUT2D eigenvalue weighted by Gasteiger charge is -2.30. The zero-order chi connectivity index (χ0) is 16.7. The third-order valence-electron chi connectivity index (χ3n) is 4.17. The number of carboxylic acids is 1. The van der Waals surface area contributed by atoms with E-state index in [1.54, 1.807) is 6.08 Å². The SMILES string of the molecule is CC1(/C=C(/NC(=O)OCc2ccccc2)C(=O)O)CCCCC1. The number of hydrogen-bond donors (Lipinski definition) is 2. The number of carbonyl (C=O) groups is 2. The van der Waals surface area contributed by atoms with E-state index < -0.39 is 12.1 Å². The number of nitrogens with one attached hydrogen (secondary N) is 1. The van der Waals surface area contributed by atoms with Gasteiger partial charge in [-0.15, -0.1) is 0 Å². The van der Waals surface area contributed by atoms with E-state index in [9.17, 15) is 14.7 Å². The third kappa shape index (κ3) is 5.43. The summed E-state index contributed by atoms with van der Waals surface area (Å²) < 4.78 is 5.08. The minimum absolute atomic E-state index is 0.104. The molecule has 23 heavy (non-hydrogen) atoms. The largest absolute Gasteiger partial charge is 0.477 e. The van der Waals surface area contributed by atoms with Gasteiger partial charge in [-0.05, 0) is 29.9 Å². The molecule has 1 aliphatic rings. The van der Waals surface area contributed by atoms with Crippen LogP contribution < -0.4 is 5.32 Å². The normalized spacial score (nSPS) is 17.3. The number of alkyl carbamates (subject to hydrolysis) is 1. The summed E-state index contributed by atoms with van der Waals surface area (Å²) in [6, 6.07) is 9.25. The molecule has 124 valence electrons. The quantitative estimate of drug-likeness (QED) is 0.809. The number of amides is 1. The molecule has 1 aromatic carbocycles. The van der Waals surface area contributed by atoms with Gasteiger partial charge in [0.15, 0.2) is 0 Å². The number of benzene rings is 1. The lowest BCUT2D eigenvalue weighted by atomic mass is 9.75. The number of rotatable bonds is 5. The molecular formula is C18H23NO4. The maximum atomic E-state index is 11.8. The van der Waals surface area contributed by atoms with Gasteiger partial charge in [0.25, 0.3) is 0 Å². The second kappa shape index (κ2) is 7.81. The van der Waals surface area contributed by atoms with Crippen molar-refractivity contribution in [2.45, 2.75) is 45.6 Å². The van der Waals surface area contributed by atoms with Crippen LogP contribution in [0.25, 0.3) is 0 Å².